The van der Waals surface area contributed by atoms with Crippen molar-refractivity contribution in [1.29, 1.82) is 0 Å². The third-order valence-electron chi connectivity index (χ3n) is 4.89. The Bertz CT molecular complexity index is 743. The van der Waals surface area contributed by atoms with Crippen LogP contribution < -0.4 is 0 Å². The van der Waals surface area contributed by atoms with Gasteiger partial charge in [0.05, 0.1) is 0 Å². The molecule has 0 fully saturated rings. The van der Waals surface area contributed by atoms with Crippen molar-refractivity contribution < 1.29 is 0 Å². The highest BCUT2D eigenvalue weighted by Gasteiger charge is 2.28. The molecule has 0 heterocycles. The highest BCUT2D eigenvalue weighted by Crippen LogP contribution is 2.42. The maximum atomic E-state index is 2.31. The van der Waals surface area contributed by atoms with Crippen molar-refractivity contribution in [2.75, 3.05) is 0 Å². The molecule has 3 aromatic rings. The smallest absolute Gasteiger partial charge is 0.00980 e. The van der Waals surface area contributed by atoms with Crippen LogP contribution in [0.25, 0.3) is 0 Å². The third kappa shape index (κ3) is 2.46. The molecule has 1 aliphatic rings. The van der Waals surface area contributed by atoms with Crippen LogP contribution >= 0.6 is 0 Å². The standard InChI is InChI=1S/C22H20/c1-3-9-17(10-4-1)20-15-19-13-7-8-14-21(19)22(16-20)18-11-5-2-6-12-18/h1-14,20,22H,15-16H2. The van der Waals surface area contributed by atoms with Gasteiger partial charge in [0.1, 0.15) is 0 Å². The summed E-state index contributed by atoms with van der Waals surface area (Å²) in [5.41, 5.74) is 5.94. The van der Waals surface area contributed by atoms with E-state index in [1.165, 1.54) is 28.7 Å². The van der Waals surface area contributed by atoms with Gasteiger partial charge < -0.3 is 0 Å². The van der Waals surface area contributed by atoms with Crippen molar-refractivity contribution in [3.05, 3.63) is 107 Å². The van der Waals surface area contributed by atoms with Gasteiger partial charge in [0.25, 0.3) is 0 Å². The minimum atomic E-state index is 0.511. The Labute approximate surface area is 132 Å². The van der Waals surface area contributed by atoms with E-state index < -0.39 is 0 Å². The molecule has 3 aromatic carbocycles. The summed E-state index contributed by atoms with van der Waals surface area (Å²) in [7, 11) is 0. The Morgan fingerprint density at radius 1 is 0.591 bits per heavy atom. The molecule has 0 aromatic heterocycles. The molecule has 0 N–H and O–H groups in total. The van der Waals surface area contributed by atoms with Crippen molar-refractivity contribution in [1.82, 2.24) is 0 Å². The van der Waals surface area contributed by atoms with Gasteiger partial charge in [-0.15, -0.1) is 0 Å². The molecular weight excluding hydrogens is 264 g/mol. The Balaban J connectivity index is 1.77. The van der Waals surface area contributed by atoms with E-state index in [4.69, 9.17) is 0 Å². The minimum absolute atomic E-state index is 0.511. The SMILES string of the molecule is c1ccc(C2Cc3ccccc3C(c3ccccc3)C2)cc1. The van der Waals surface area contributed by atoms with Gasteiger partial charge in [0.2, 0.25) is 0 Å². The first-order valence-electron chi connectivity index (χ1n) is 8.09. The lowest BCUT2D eigenvalue weighted by atomic mass is 9.72. The van der Waals surface area contributed by atoms with E-state index in [9.17, 15) is 0 Å². The zero-order valence-electron chi connectivity index (χ0n) is 12.7. The van der Waals surface area contributed by atoms with Crippen LogP contribution in [-0.4, -0.2) is 0 Å². The zero-order valence-corrected chi connectivity index (χ0v) is 12.7. The molecule has 2 unspecified atom stereocenters. The maximum Gasteiger partial charge on any atom is 0.00980 e. The topological polar surface area (TPSA) is 0 Å². The molecular formula is C22H20. The van der Waals surface area contributed by atoms with Crippen LogP contribution in [-0.2, 0) is 6.42 Å². The molecule has 0 nitrogen and oxygen atoms in total. The summed E-state index contributed by atoms with van der Waals surface area (Å²) in [6, 6.07) is 30.9. The Morgan fingerprint density at radius 2 is 1.18 bits per heavy atom. The van der Waals surface area contributed by atoms with Crippen molar-refractivity contribution >= 4 is 0 Å². The number of benzene rings is 3. The molecule has 0 aliphatic heterocycles. The summed E-state index contributed by atoms with van der Waals surface area (Å²) in [4.78, 5) is 0. The lowest BCUT2D eigenvalue weighted by Gasteiger charge is -2.32. The molecule has 22 heavy (non-hydrogen) atoms. The molecule has 0 saturated heterocycles. The molecule has 0 amide bonds. The van der Waals surface area contributed by atoms with E-state index in [0.717, 1.165) is 6.42 Å². The van der Waals surface area contributed by atoms with Crippen LogP contribution in [0.5, 0.6) is 0 Å². The van der Waals surface area contributed by atoms with E-state index in [0.29, 0.717) is 11.8 Å². The molecule has 0 radical (unpaired) electrons. The van der Waals surface area contributed by atoms with Crippen LogP contribution in [0.15, 0.2) is 84.9 Å². The third-order valence-corrected chi connectivity index (χ3v) is 4.89. The van der Waals surface area contributed by atoms with E-state index in [-0.39, 0.29) is 0 Å². The Kier molecular flexibility index (Phi) is 3.52. The number of hydrogen-bond donors (Lipinski definition) is 0. The van der Waals surface area contributed by atoms with Gasteiger partial charge in [0, 0.05) is 5.92 Å². The van der Waals surface area contributed by atoms with Crippen LogP contribution in [0.4, 0.5) is 0 Å². The van der Waals surface area contributed by atoms with Crippen molar-refractivity contribution in [2.24, 2.45) is 0 Å². The summed E-state index contributed by atoms with van der Waals surface area (Å²) in [6.45, 7) is 0. The summed E-state index contributed by atoms with van der Waals surface area (Å²) < 4.78 is 0. The summed E-state index contributed by atoms with van der Waals surface area (Å²) in [5.74, 6) is 1.12. The van der Waals surface area contributed by atoms with Crippen LogP contribution in [0.3, 0.4) is 0 Å². The predicted molar refractivity (Wildman–Crippen MR) is 92.2 cm³/mol. The van der Waals surface area contributed by atoms with E-state index in [1.807, 2.05) is 0 Å². The fourth-order valence-electron chi connectivity index (χ4n) is 3.80. The molecule has 0 spiro atoms. The van der Waals surface area contributed by atoms with Crippen LogP contribution in [0.2, 0.25) is 0 Å². The Hall–Kier alpha value is -2.34. The van der Waals surface area contributed by atoms with Crippen molar-refractivity contribution in [3.8, 4) is 0 Å². The number of rotatable bonds is 2. The summed E-state index contributed by atoms with van der Waals surface area (Å²) in [6.07, 6.45) is 2.36. The average molecular weight is 284 g/mol. The second-order valence-electron chi connectivity index (χ2n) is 6.21. The van der Waals surface area contributed by atoms with Gasteiger partial charge in [-0.3, -0.25) is 0 Å². The molecule has 2 atom stereocenters. The average Bonchev–Trinajstić information content (AvgIpc) is 2.62. The van der Waals surface area contributed by atoms with Crippen molar-refractivity contribution in [3.63, 3.8) is 0 Å². The minimum Gasteiger partial charge on any atom is -0.0622 e. The van der Waals surface area contributed by atoms with Crippen LogP contribution in [0.1, 0.15) is 40.5 Å². The molecule has 0 heteroatoms. The van der Waals surface area contributed by atoms with Gasteiger partial charge in [-0.2, -0.15) is 0 Å². The van der Waals surface area contributed by atoms with Crippen molar-refractivity contribution in [2.45, 2.75) is 24.7 Å². The van der Waals surface area contributed by atoms with E-state index in [2.05, 4.69) is 84.9 Å². The van der Waals surface area contributed by atoms with E-state index in [1.54, 1.807) is 0 Å². The highest BCUT2D eigenvalue weighted by atomic mass is 14.3. The molecule has 1 aliphatic carbocycles. The lowest BCUT2D eigenvalue weighted by Crippen LogP contribution is -2.18. The summed E-state index contributed by atoms with van der Waals surface area (Å²) >= 11 is 0. The molecule has 4 rings (SSSR count). The van der Waals surface area contributed by atoms with Gasteiger partial charge in [0.15, 0.2) is 0 Å². The fourth-order valence-corrected chi connectivity index (χ4v) is 3.80. The number of fused-ring (bicyclic) bond motifs is 1. The van der Waals surface area contributed by atoms with E-state index >= 15 is 0 Å². The fraction of sp³-hybridized carbons (Fsp3) is 0.182. The van der Waals surface area contributed by atoms with Gasteiger partial charge >= 0.3 is 0 Å². The first-order valence-corrected chi connectivity index (χ1v) is 8.09. The molecule has 108 valence electrons. The quantitative estimate of drug-likeness (QED) is 0.579. The summed E-state index contributed by atoms with van der Waals surface area (Å²) in [5, 5.41) is 0. The predicted octanol–water partition coefficient (Wildman–Crippen LogP) is 5.55. The van der Waals surface area contributed by atoms with Gasteiger partial charge in [-0.25, -0.2) is 0 Å². The molecule has 0 saturated carbocycles. The normalized spacial score (nSPS) is 20.4. The molecule has 0 bridgehead atoms. The van der Waals surface area contributed by atoms with Gasteiger partial charge in [-0.1, -0.05) is 84.9 Å². The van der Waals surface area contributed by atoms with Crippen LogP contribution in [0, 0.1) is 0 Å². The highest BCUT2D eigenvalue weighted by molar-refractivity contribution is 5.42. The Morgan fingerprint density at radius 3 is 1.91 bits per heavy atom. The second-order valence-corrected chi connectivity index (χ2v) is 6.21. The maximum absolute atomic E-state index is 2.31. The lowest BCUT2D eigenvalue weighted by molar-refractivity contribution is 0.536. The monoisotopic (exact) mass is 284 g/mol. The largest absolute Gasteiger partial charge is 0.0622 e. The number of hydrogen-bond acceptors (Lipinski definition) is 0. The van der Waals surface area contributed by atoms with Gasteiger partial charge in [-0.05, 0) is 41.0 Å². The zero-order chi connectivity index (χ0) is 14.8. The first-order chi connectivity index (χ1) is 10.9. The second kappa shape index (κ2) is 5.81. The first kappa shape index (κ1) is 13.3.